The molecule has 110 valence electrons. The minimum absolute atomic E-state index is 0.207. The third kappa shape index (κ3) is 7.97. The summed E-state index contributed by atoms with van der Waals surface area (Å²) in [6, 6.07) is 0. The van der Waals surface area contributed by atoms with Gasteiger partial charge in [0.2, 0.25) is 10.0 Å². The first-order valence-corrected chi connectivity index (χ1v) is 8.45. The number of imidazole rings is 1. The summed E-state index contributed by atoms with van der Waals surface area (Å²) in [7, 11) is -3.12. The van der Waals surface area contributed by atoms with Gasteiger partial charge >= 0.3 is 0 Å². The minimum Gasteiger partial charge on any atom is -0.349 e. The van der Waals surface area contributed by atoms with Gasteiger partial charge in [-0.2, -0.15) is 0 Å². The van der Waals surface area contributed by atoms with Crippen LogP contribution in [0.1, 0.15) is 32.0 Å². The second kappa shape index (κ2) is 9.06. The Morgan fingerprint density at radius 3 is 2.79 bits per heavy atom. The van der Waals surface area contributed by atoms with Crippen LogP contribution in [-0.2, 0) is 16.4 Å². The van der Waals surface area contributed by atoms with Gasteiger partial charge in [0.15, 0.2) is 0 Å². The number of H-pyrrole nitrogens is 1. The van der Waals surface area contributed by atoms with E-state index in [0.717, 1.165) is 38.2 Å². The molecule has 0 bridgehead atoms. The van der Waals surface area contributed by atoms with Crippen molar-refractivity contribution in [2.24, 2.45) is 0 Å². The topological polar surface area (TPSA) is 86.9 Å². The lowest BCUT2D eigenvalue weighted by molar-refractivity contribution is 0.571. The number of hydrogen-bond acceptors (Lipinski definition) is 4. The Labute approximate surface area is 115 Å². The van der Waals surface area contributed by atoms with E-state index in [1.807, 2.05) is 6.92 Å². The normalized spacial score (nSPS) is 11.8. The molecule has 0 aliphatic rings. The highest BCUT2D eigenvalue weighted by atomic mass is 32.2. The summed E-state index contributed by atoms with van der Waals surface area (Å²) < 4.78 is 26.0. The molecule has 0 unspecified atom stereocenters. The van der Waals surface area contributed by atoms with Crippen molar-refractivity contribution in [3.63, 3.8) is 0 Å². The van der Waals surface area contributed by atoms with Gasteiger partial charge < -0.3 is 10.3 Å². The molecule has 0 saturated carbocycles. The van der Waals surface area contributed by atoms with Crippen LogP contribution < -0.4 is 10.0 Å². The van der Waals surface area contributed by atoms with Crippen LogP contribution in [0.5, 0.6) is 0 Å². The number of aromatic nitrogens is 2. The zero-order valence-corrected chi connectivity index (χ0v) is 12.3. The molecule has 3 N–H and O–H groups in total. The van der Waals surface area contributed by atoms with Gasteiger partial charge in [0.05, 0.1) is 5.75 Å². The molecule has 0 spiro atoms. The predicted octanol–water partition coefficient (Wildman–Crippen LogP) is 0.651. The van der Waals surface area contributed by atoms with E-state index < -0.39 is 10.0 Å². The monoisotopic (exact) mass is 288 g/mol. The first kappa shape index (κ1) is 16.1. The van der Waals surface area contributed by atoms with Crippen LogP contribution in [-0.4, -0.2) is 43.8 Å². The molecular formula is C12H24N4O2S. The average Bonchev–Trinajstić information content (AvgIpc) is 2.87. The molecule has 0 fully saturated rings. The van der Waals surface area contributed by atoms with Crippen LogP contribution in [0.2, 0.25) is 0 Å². The lowest BCUT2D eigenvalue weighted by Crippen LogP contribution is -2.28. The fraction of sp³-hybridized carbons (Fsp3) is 0.750. The van der Waals surface area contributed by atoms with Gasteiger partial charge in [-0.3, -0.25) is 0 Å². The van der Waals surface area contributed by atoms with Crippen molar-refractivity contribution in [1.29, 1.82) is 0 Å². The van der Waals surface area contributed by atoms with Gasteiger partial charge in [0.25, 0.3) is 0 Å². The first-order valence-electron chi connectivity index (χ1n) is 6.80. The highest BCUT2D eigenvalue weighted by Crippen LogP contribution is 1.97. The maximum absolute atomic E-state index is 11.7. The van der Waals surface area contributed by atoms with Crippen LogP contribution in [0.4, 0.5) is 0 Å². The van der Waals surface area contributed by atoms with Gasteiger partial charge in [-0.05, 0) is 32.4 Å². The molecule has 0 aliphatic heterocycles. The number of nitrogens with zero attached hydrogens (tertiary/aromatic N) is 1. The Morgan fingerprint density at radius 2 is 2.11 bits per heavy atom. The third-order valence-electron chi connectivity index (χ3n) is 2.73. The smallest absolute Gasteiger partial charge is 0.211 e. The lowest BCUT2D eigenvalue weighted by Gasteiger charge is -2.06. The molecule has 1 heterocycles. The summed E-state index contributed by atoms with van der Waals surface area (Å²) in [5, 5.41) is 3.18. The number of unbranched alkanes of at least 4 members (excludes halogenated alkanes) is 1. The van der Waals surface area contributed by atoms with Crippen molar-refractivity contribution in [1.82, 2.24) is 20.0 Å². The molecule has 1 rings (SSSR count). The van der Waals surface area contributed by atoms with E-state index in [9.17, 15) is 8.42 Å². The van der Waals surface area contributed by atoms with Gasteiger partial charge in [-0.15, -0.1) is 0 Å². The van der Waals surface area contributed by atoms with Crippen LogP contribution in [0, 0.1) is 0 Å². The van der Waals surface area contributed by atoms with Crippen LogP contribution in [0.25, 0.3) is 0 Å². The fourth-order valence-corrected chi connectivity index (χ4v) is 2.89. The highest BCUT2D eigenvalue weighted by molar-refractivity contribution is 7.89. The summed E-state index contributed by atoms with van der Waals surface area (Å²) in [4.78, 5) is 7.08. The standard InChI is InChI=1S/C12H24N4O2S/c1-2-13-7-3-4-11-19(17,18)16-8-5-6-12-14-9-10-15-12/h9-10,13,16H,2-8,11H2,1H3,(H,14,15). The van der Waals surface area contributed by atoms with Crippen molar-refractivity contribution in [3.8, 4) is 0 Å². The molecule has 1 aromatic heterocycles. The zero-order valence-electron chi connectivity index (χ0n) is 11.5. The van der Waals surface area contributed by atoms with Gasteiger partial charge in [0, 0.05) is 25.4 Å². The van der Waals surface area contributed by atoms with Crippen molar-refractivity contribution in [2.45, 2.75) is 32.6 Å². The molecule has 1 aromatic rings. The third-order valence-corrected chi connectivity index (χ3v) is 4.20. The van der Waals surface area contributed by atoms with E-state index in [1.165, 1.54) is 0 Å². The predicted molar refractivity (Wildman–Crippen MR) is 76.5 cm³/mol. The second-order valence-corrected chi connectivity index (χ2v) is 6.34. The Bertz CT molecular complexity index is 417. The molecular weight excluding hydrogens is 264 g/mol. The maximum atomic E-state index is 11.7. The van der Waals surface area contributed by atoms with Crippen LogP contribution in [0.15, 0.2) is 12.4 Å². The molecule has 6 nitrogen and oxygen atoms in total. The highest BCUT2D eigenvalue weighted by Gasteiger charge is 2.08. The molecule has 0 atom stereocenters. The Kier molecular flexibility index (Phi) is 7.69. The fourth-order valence-electron chi connectivity index (χ4n) is 1.71. The van der Waals surface area contributed by atoms with Crippen molar-refractivity contribution in [3.05, 3.63) is 18.2 Å². The summed E-state index contributed by atoms with van der Waals surface area (Å²) in [5.41, 5.74) is 0. The summed E-state index contributed by atoms with van der Waals surface area (Å²) in [6.07, 6.45) is 6.56. The SMILES string of the molecule is CCNCCCCS(=O)(=O)NCCCc1ncc[nH]1. The number of aryl methyl sites for hydroxylation is 1. The second-order valence-electron chi connectivity index (χ2n) is 4.41. The quantitative estimate of drug-likeness (QED) is 0.522. The number of hydrogen-bond donors (Lipinski definition) is 3. The maximum Gasteiger partial charge on any atom is 0.211 e. The van der Waals surface area contributed by atoms with Gasteiger partial charge in [-0.1, -0.05) is 6.92 Å². The van der Waals surface area contributed by atoms with E-state index in [0.29, 0.717) is 13.0 Å². The van der Waals surface area contributed by atoms with Crippen LogP contribution >= 0.6 is 0 Å². The largest absolute Gasteiger partial charge is 0.349 e. The minimum atomic E-state index is -3.12. The Hall–Kier alpha value is -0.920. The number of nitrogens with one attached hydrogen (secondary N) is 3. The van der Waals surface area contributed by atoms with Crippen molar-refractivity contribution >= 4 is 10.0 Å². The summed E-state index contributed by atoms with van der Waals surface area (Å²) in [6.45, 7) is 4.32. The molecule has 0 radical (unpaired) electrons. The van der Waals surface area contributed by atoms with E-state index in [-0.39, 0.29) is 5.75 Å². The molecule has 7 heteroatoms. The van der Waals surface area contributed by atoms with Gasteiger partial charge in [0.1, 0.15) is 5.82 Å². The summed E-state index contributed by atoms with van der Waals surface area (Å²) >= 11 is 0. The molecule has 19 heavy (non-hydrogen) atoms. The van der Waals surface area contributed by atoms with E-state index in [4.69, 9.17) is 0 Å². The molecule has 0 aliphatic carbocycles. The number of aromatic amines is 1. The average molecular weight is 288 g/mol. The van der Waals surface area contributed by atoms with E-state index >= 15 is 0 Å². The Balaban J connectivity index is 2.06. The lowest BCUT2D eigenvalue weighted by atomic mass is 10.3. The zero-order chi connectivity index (χ0) is 14.0. The Morgan fingerprint density at radius 1 is 1.26 bits per heavy atom. The summed E-state index contributed by atoms with van der Waals surface area (Å²) in [5.74, 6) is 1.10. The number of sulfonamides is 1. The van der Waals surface area contributed by atoms with E-state index in [1.54, 1.807) is 12.4 Å². The van der Waals surface area contributed by atoms with Crippen LogP contribution in [0.3, 0.4) is 0 Å². The van der Waals surface area contributed by atoms with Crippen molar-refractivity contribution in [2.75, 3.05) is 25.4 Å². The first-order chi connectivity index (χ1) is 9.14. The number of rotatable bonds is 11. The molecule has 0 aromatic carbocycles. The van der Waals surface area contributed by atoms with E-state index in [2.05, 4.69) is 20.0 Å². The molecule has 0 saturated heterocycles. The molecule has 0 amide bonds. The van der Waals surface area contributed by atoms with Gasteiger partial charge in [-0.25, -0.2) is 18.1 Å². The van der Waals surface area contributed by atoms with Crippen molar-refractivity contribution < 1.29 is 8.42 Å².